The standard InChI is InChI=1S/C30H18Cl2N4O5/c31-21-10-11-26-20(14-21)15-27(41-26)29-34-24-9-5-4-8-22(24)30(37)35(29)33-16-19-12-23(32)28(25(13-19)36(38)39)40-17-18-6-2-1-3-7-18/h1-16H,17H2. The molecule has 0 aliphatic carbocycles. The molecule has 2 heterocycles. The SMILES string of the molecule is O=c1c2ccccc2nc(-c2cc3cc(Cl)ccc3o2)n1N=Cc1cc(Cl)c(OCc2ccccc2)c([N+](=O)[O-])c1. The van der Waals surface area contributed by atoms with Crippen LogP contribution in [0.2, 0.25) is 10.0 Å². The molecule has 0 bridgehead atoms. The van der Waals surface area contributed by atoms with Crippen LogP contribution in [0.1, 0.15) is 11.1 Å². The monoisotopic (exact) mass is 584 g/mol. The quantitative estimate of drug-likeness (QED) is 0.109. The Hall–Kier alpha value is -4.99. The topological polar surface area (TPSA) is 113 Å². The van der Waals surface area contributed by atoms with Crippen LogP contribution >= 0.6 is 23.2 Å². The molecule has 0 radical (unpaired) electrons. The van der Waals surface area contributed by atoms with Crippen LogP contribution in [0.15, 0.2) is 105 Å². The number of fused-ring (bicyclic) bond motifs is 2. The van der Waals surface area contributed by atoms with Gasteiger partial charge in [-0.15, -0.1) is 0 Å². The molecule has 9 nitrogen and oxygen atoms in total. The fraction of sp³-hybridized carbons (Fsp3) is 0.0333. The van der Waals surface area contributed by atoms with Gasteiger partial charge < -0.3 is 9.15 Å². The number of aromatic nitrogens is 2. The lowest BCUT2D eigenvalue weighted by Gasteiger charge is -2.10. The highest BCUT2D eigenvalue weighted by Crippen LogP contribution is 2.36. The smallest absolute Gasteiger partial charge is 0.313 e. The maximum absolute atomic E-state index is 13.5. The largest absolute Gasteiger partial charge is 0.481 e. The van der Waals surface area contributed by atoms with Crippen molar-refractivity contribution in [3.8, 4) is 17.3 Å². The number of hydrogen-bond donors (Lipinski definition) is 0. The molecule has 4 aromatic carbocycles. The Bertz CT molecular complexity index is 2040. The zero-order chi connectivity index (χ0) is 28.5. The van der Waals surface area contributed by atoms with E-state index in [1.54, 1.807) is 48.5 Å². The van der Waals surface area contributed by atoms with E-state index in [-0.39, 0.29) is 40.2 Å². The molecule has 0 fully saturated rings. The first kappa shape index (κ1) is 26.2. The first-order chi connectivity index (χ1) is 19.9. The first-order valence-corrected chi connectivity index (χ1v) is 13.0. The van der Waals surface area contributed by atoms with Gasteiger partial charge in [0.1, 0.15) is 12.2 Å². The third-order valence-corrected chi connectivity index (χ3v) is 6.76. The van der Waals surface area contributed by atoms with Gasteiger partial charge in [-0.25, -0.2) is 4.98 Å². The number of para-hydroxylation sites is 1. The van der Waals surface area contributed by atoms with E-state index in [0.29, 0.717) is 21.5 Å². The first-order valence-electron chi connectivity index (χ1n) is 12.3. The highest BCUT2D eigenvalue weighted by Gasteiger charge is 2.21. The second-order valence-corrected chi connectivity index (χ2v) is 9.83. The summed E-state index contributed by atoms with van der Waals surface area (Å²) in [6.45, 7) is 0.0963. The molecule has 0 saturated heterocycles. The predicted molar refractivity (Wildman–Crippen MR) is 158 cm³/mol. The second kappa shape index (κ2) is 10.9. The number of nitrogens with zero attached hydrogens (tertiary/aromatic N) is 4. The van der Waals surface area contributed by atoms with Crippen LogP contribution in [0.4, 0.5) is 5.69 Å². The lowest BCUT2D eigenvalue weighted by atomic mass is 10.2. The van der Waals surface area contributed by atoms with E-state index >= 15 is 0 Å². The molecule has 0 amide bonds. The van der Waals surface area contributed by atoms with Gasteiger partial charge in [0.25, 0.3) is 5.56 Å². The summed E-state index contributed by atoms with van der Waals surface area (Å²) in [7, 11) is 0. The molecule has 202 valence electrons. The number of halogens is 2. The molecule has 0 saturated carbocycles. The van der Waals surface area contributed by atoms with Crippen molar-refractivity contribution in [2.24, 2.45) is 5.10 Å². The lowest BCUT2D eigenvalue weighted by molar-refractivity contribution is -0.385. The van der Waals surface area contributed by atoms with Crippen molar-refractivity contribution in [1.29, 1.82) is 0 Å². The van der Waals surface area contributed by atoms with Gasteiger partial charge in [0.15, 0.2) is 5.76 Å². The summed E-state index contributed by atoms with van der Waals surface area (Å²) < 4.78 is 12.8. The number of nitro benzene ring substituents is 1. The molecule has 0 spiro atoms. The van der Waals surface area contributed by atoms with Crippen molar-refractivity contribution in [2.45, 2.75) is 6.61 Å². The molecule has 0 atom stereocenters. The zero-order valence-electron chi connectivity index (χ0n) is 21.0. The van der Waals surface area contributed by atoms with Crippen molar-refractivity contribution in [1.82, 2.24) is 9.66 Å². The Labute approximate surface area is 242 Å². The number of benzene rings is 4. The predicted octanol–water partition coefficient (Wildman–Crippen LogP) is 7.49. The average Bonchev–Trinajstić information content (AvgIpc) is 3.39. The van der Waals surface area contributed by atoms with Gasteiger partial charge in [0, 0.05) is 22.0 Å². The summed E-state index contributed by atoms with van der Waals surface area (Å²) in [5.74, 6) is 0.362. The van der Waals surface area contributed by atoms with Gasteiger partial charge in [-0.1, -0.05) is 65.7 Å². The van der Waals surface area contributed by atoms with E-state index in [1.807, 2.05) is 30.3 Å². The lowest BCUT2D eigenvalue weighted by Crippen LogP contribution is -2.20. The van der Waals surface area contributed by atoms with Crippen LogP contribution in [0, 0.1) is 10.1 Å². The maximum Gasteiger partial charge on any atom is 0.313 e. The molecular weight excluding hydrogens is 567 g/mol. The van der Waals surface area contributed by atoms with Gasteiger partial charge in [-0.2, -0.15) is 9.78 Å². The number of hydrogen-bond acceptors (Lipinski definition) is 7. The van der Waals surface area contributed by atoms with Crippen LogP contribution in [-0.4, -0.2) is 20.8 Å². The Kier molecular flexibility index (Phi) is 6.96. The Balaban J connectivity index is 1.43. The summed E-state index contributed by atoms with van der Waals surface area (Å²) in [6, 6.07) is 25.7. The highest BCUT2D eigenvalue weighted by atomic mass is 35.5. The number of ether oxygens (including phenoxy) is 1. The van der Waals surface area contributed by atoms with Crippen LogP contribution in [0.3, 0.4) is 0 Å². The molecule has 6 rings (SSSR count). The summed E-state index contributed by atoms with van der Waals surface area (Å²) in [4.78, 5) is 29.5. The Morgan fingerprint density at radius 1 is 1.00 bits per heavy atom. The van der Waals surface area contributed by atoms with E-state index in [4.69, 9.17) is 32.4 Å². The zero-order valence-corrected chi connectivity index (χ0v) is 22.5. The van der Waals surface area contributed by atoms with Gasteiger partial charge in [-0.05, 0) is 48.0 Å². The third kappa shape index (κ3) is 5.28. The summed E-state index contributed by atoms with van der Waals surface area (Å²) in [5.41, 5.74) is 1.31. The van der Waals surface area contributed by atoms with Crippen LogP contribution in [0.25, 0.3) is 33.5 Å². The van der Waals surface area contributed by atoms with Crippen LogP contribution in [-0.2, 0) is 6.61 Å². The number of nitro groups is 1. The summed E-state index contributed by atoms with van der Waals surface area (Å²) in [5, 5.41) is 17.9. The van der Waals surface area contributed by atoms with E-state index in [1.165, 1.54) is 18.3 Å². The minimum Gasteiger partial charge on any atom is -0.481 e. The maximum atomic E-state index is 13.5. The molecule has 0 aliphatic rings. The fourth-order valence-electron chi connectivity index (χ4n) is 4.32. The number of furan rings is 1. The normalized spacial score (nSPS) is 11.5. The average molecular weight is 585 g/mol. The molecule has 11 heteroatoms. The van der Waals surface area contributed by atoms with E-state index in [9.17, 15) is 14.9 Å². The van der Waals surface area contributed by atoms with Gasteiger partial charge in [0.2, 0.25) is 11.6 Å². The van der Waals surface area contributed by atoms with E-state index in [0.717, 1.165) is 15.6 Å². The van der Waals surface area contributed by atoms with Gasteiger partial charge in [0.05, 0.1) is 27.1 Å². The molecule has 0 unspecified atom stereocenters. The van der Waals surface area contributed by atoms with Crippen molar-refractivity contribution in [3.05, 3.63) is 133 Å². The molecular formula is C30H18Cl2N4O5. The molecule has 41 heavy (non-hydrogen) atoms. The minimum atomic E-state index is -0.585. The van der Waals surface area contributed by atoms with Crippen LogP contribution < -0.4 is 10.3 Å². The van der Waals surface area contributed by atoms with Crippen molar-refractivity contribution < 1.29 is 14.1 Å². The molecule has 2 aromatic heterocycles. The summed E-state index contributed by atoms with van der Waals surface area (Å²) in [6.07, 6.45) is 1.29. The van der Waals surface area contributed by atoms with Crippen molar-refractivity contribution in [3.63, 3.8) is 0 Å². The third-order valence-electron chi connectivity index (χ3n) is 6.24. The van der Waals surface area contributed by atoms with Crippen molar-refractivity contribution in [2.75, 3.05) is 0 Å². The van der Waals surface area contributed by atoms with Crippen LogP contribution in [0.5, 0.6) is 5.75 Å². The summed E-state index contributed by atoms with van der Waals surface area (Å²) >= 11 is 12.6. The van der Waals surface area contributed by atoms with Crippen molar-refractivity contribution >= 4 is 57.0 Å². The molecule has 0 aliphatic heterocycles. The number of rotatable bonds is 7. The Morgan fingerprint density at radius 3 is 2.59 bits per heavy atom. The molecule has 6 aromatic rings. The molecule has 0 N–H and O–H groups in total. The highest BCUT2D eigenvalue weighted by molar-refractivity contribution is 6.32. The van der Waals surface area contributed by atoms with E-state index < -0.39 is 10.5 Å². The second-order valence-electron chi connectivity index (χ2n) is 8.99. The minimum absolute atomic E-state index is 0.0231. The van der Waals surface area contributed by atoms with Gasteiger partial charge >= 0.3 is 5.69 Å². The van der Waals surface area contributed by atoms with Gasteiger partial charge in [-0.3, -0.25) is 14.9 Å². The Morgan fingerprint density at radius 2 is 1.78 bits per heavy atom. The van der Waals surface area contributed by atoms with E-state index in [2.05, 4.69) is 10.1 Å². The fourth-order valence-corrected chi connectivity index (χ4v) is 4.78.